The summed E-state index contributed by atoms with van der Waals surface area (Å²) in [4.78, 5) is 12.0. The number of aliphatic carboxylic acids is 1. The average molecular weight is 229 g/mol. The van der Waals surface area contributed by atoms with Crippen LogP contribution in [0.1, 0.15) is 16.5 Å². The van der Waals surface area contributed by atoms with E-state index in [1.807, 2.05) is 5.38 Å². The van der Waals surface area contributed by atoms with Crippen LogP contribution in [0.2, 0.25) is 0 Å². The number of thioether (sulfide) groups is 1. The lowest BCUT2D eigenvalue weighted by atomic mass is 10.2. The Morgan fingerprint density at radius 2 is 2.50 bits per heavy atom. The van der Waals surface area contributed by atoms with Crippen LogP contribution in [-0.4, -0.2) is 22.2 Å². The number of nitrogens with one attached hydrogen (secondary N) is 1. The first-order valence-corrected chi connectivity index (χ1v) is 6.26. The van der Waals surface area contributed by atoms with Crippen molar-refractivity contribution in [2.45, 2.75) is 18.3 Å². The summed E-state index contributed by atoms with van der Waals surface area (Å²) in [7, 11) is 0. The number of carboxylic acid groups (broad SMARTS) is 1. The van der Waals surface area contributed by atoms with Crippen LogP contribution >= 0.6 is 23.1 Å². The van der Waals surface area contributed by atoms with Crippen LogP contribution in [0.25, 0.3) is 0 Å². The molecule has 2 N–H and O–H groups in total. The quantitative estimate of drug-likeness (QED) is 0.812. The second-order valence-electron chi connectivity index (χ2n) is 3.24. The Balaban J connectivity index is 2.10. The van der Waals surface area contributed by atoms with Gasteiger partial charge in [-0.25, -0.2) is 4.79 Å². The number of carbonyl (C=O) groups is 1. The molecule has 0 aliphatic carbocycles. The molecule has 1 aliphatic heterocycles. The van der Waals surface area contributed by atoms with E-state index in [1.165, 1.54) is 22.2 Å². The lowest BCUT2D eigenvalue weighted by molar-refractivity contribution is -0.136. The topological polar surface area (TPSA) is 49.3 Å². The molecule has 3 nitrogen and oxygen atoms in total. The van der Waals surface area contributed by atoms with Gasteiger partial charge in [0.2, 0.25) is 0 Å². The normalized spacial score (nSPS) is 26.6. The van der Waals surface area contributed by atoms with Gasteiger partial charge in [0.1, 0.15) is 0 Å². The molecule has 0 radical (unpaired) electrons. The molecular weight excluding hydrogens is 218 g/mol. The predicted molar refractivity (Wildman–Crippen MR) is 58.8 cm³/mol. The second-order valence-corrected chi connectivity index (χ2v) is 5.32. The van der Waals surface area contributed by atoms with Crippen molar-refractivity contribution < 1.29 is 9.90 Å². The molecule has 0 spiro atoms. The Morgan fingerprint density at radius 3 is 3.00 bits per heavy atom. The first kappa shape index (κ1) is 10.0. The molecule has 1 aliphatic rings. The maximum atomic E-state index is 10.7. The van der Waals surface area contributed by atoms with Crippen LogP contribution in [0.15, 0.2) is 11.4 Å². The van der Waals surface area contributed by atoms with Crippen LogP contribution in [0.3, 0.4) is 0 Å². The molecule has 2 atom stereocenters. The Bertz CT molecular complexity index is 350. The number of rotatable bonds is 2. The van der Waals surface area contributed by atoms with Crippen molar-refractivity contribution in [1.29, 1.82) is 0 Å². The standard InChI is InChI=1S/C9H11NO2S2/c1-5-2-3-13-7(5)6-4-14-8(10-6)9(11)12/h2-3,6,8,10H,4H2,1H3,(H,11,12). The van der Waals surface area contributed by atoms with Gasteiger partial charge in [0.05, 0.1) is 6.04 Å². The van der Waals surface area contributed by atoms with Gasteiger partial charge >= 0.3 is 5.97 Å². The Labute approximate surface area is 90.5 Å². The molecular formula is C9H11NO2S2. The van der Waals surface area contributed by atoms with E-state index in [0.29, 0.717) is 0 Å². The lowest BCUT2D eigenvalue weighted by Gasteiger charge is -2.09. The first-order chi connectivity index (χ1) is 6.68. The zero-order valence-corrected chi connectivity index (χ0v) is 9.32. The van der Waals surface area contributed by atoms with Gasteiger partial charge in [0.25, 0.3) is 0 Å². The van der Waals surface area contributed by atoms with Gasteiger partial charge < -0.3 is 5.11 Å². The van der Waals surface area contributed by atoms with Gasteiger partial charge in [-0.15, -0.1) is 23.1 Å². The first-order valence-electron chi connectivity index (χ1n) is 4.33. The fourth-order valence-electron chi connectivity index (χ4n) is 1.51. The van der Waals surface area contributed by atoms with Crippen LogP contribution in [0.4, 0.5) is 0 Å². The Hall–Kier alpha value is -0.520. The summed E-state index contributed by atoms with van der Waals surface area (Å²) in [5.74, 6) is 0.0740. The zero-order valence-electron chi connectivity index (χ0n) is 7.69. The summed E-state index contributed by atoms with van der Waals surface area (Å²) in [5, 5.41) is 13.5. The van der Waals surface area contributed by atoms with Gasteiger partial charge in [-0.3, -0.25) is 5.32 Å². The summed E-state index contributed by atoms with van der Waals surface area (Å²) in [6, 6.07) is 2.28. The minimum absolute atomic E-state index is 0.209. The van der Waals surface area contributed by atoms with E-state index in [-0.39, 0.29) is 6.04 Å². The fourth-order valence-corrected chi connectivity index (χ4v) is 3.65. The van der Waals surface area contributed by atoms with E-state index in [4.69, 9.17) is 5.11 Å². The maximum Gasteiger partial charge on any atom is 0.331 e. The van der Waals surface area contributed by atoms with Crippen molar-refractivity contribution in [2.75, 3.05) is 5.75 Å². The molecule has 2 heterocycles. The third kappa shape index (κ3) is 1.80. The summed E-state index contributed by atoms with van der Waals surface area (Å²) in [5.41, 5.74) is 1.25. The SMILES string of the molecule is Cc1ccsc1C1CSC(C(=O)O)N1. The van der Waals surface area contributed by atoms with Gasteiger partial charge in [-0.2, -0.15) is 0 Å². The highest BCUT2D eigenvalue weighted by Crippen LogP contribution is 2.33. The zero-order chi connectivity index (χ0) is 10.1. The van der Waals surface area contributed by atoms with Crippen molar-refractivity contribution in [3.63, 3.8) is 0 Å². The van der Waals surface area contributed by atoms with Gasteiger partial charge in [0, 0.05) is 10.6 Å². The molecule has 1 fully saturated rings. The van der Waals surface area contributed by atoms with Crippen molar-refractivity contribution in [2.24, 2.45) is 0 Å². The molecule has 0 bridgehead atoms. The van der Waals surface area contributed by atoms with E-state index in [9.17, 15) is 4.79 Å². The van der Waals surface area contributed by atoms with Crippen LogP contribution in [0, 0.1) is 6.92 Å². The van der Waals surface area contributed by atoms with E-state index in [0.717, 1.165) is 5.75 Å². The molecule has 0 aromatic carbocycles. The molecule has 2 rings (SSSR count). The molecule has 0 saturated carbocycles. The summed E-state index contributed by atoms with van der Waals surface area (Å²) in [6.07, 6.45) is 0. The minimum atomic E-state index is -0.772. The fraction of sp³-hybridized carbons (Fsp3) is 0.444. The third-order valence-electron chi connectivity index (χ3n) is 2.22. The third-order valence-corrected chi connectivity index (χ3v) is 4.55. The van der Waals surface area contributed by atoms with Crippen LogP contribution < -0.4 is 5.32 Å². The van der Waals surface area contributed by atoms with Crippen molar-refractivity contribution in [3.05, 3.63) is 21.9 Å². The molecule has 0 amide bonds. The number of hydrogen-bond acceptors (Lipinski definition) is 4. The number of hydrogen-bond donors (Lipinski definition) is 2. The summed E-state index contributed by atoms with van der Waals surface area (Å²) >= 11 is 3.15. The van der Waals surface area contributed by atoms with E-state index in [2.05, 4.69) is 18.3 Å². The summed E-state index contributed by atoms with van der Waals surface area (Å²) < 4.78 is 0. The molecule has 1 saturated heterocycles. The highest BCUT2D eigenvalue weighted by Gasteiger charge is 2.31. The lowest BCUT2D eigenvalue weighted by Crippen LogP contribution is -2.30. The van der Waals surface area contributed by atoms with Crippen molar-refractivity contribution in [1.82, 2.24) is 5.32 Å². The van der Waals surface area contributed by atoms with Gasteiger partial charge in [-0.05, 0) is 23.9 Å². The number of aryl methyl sites for hydroxylation is 1. The molecule has 1 aromatic heterocycles. The molecule has 14 heavy (non-hydrogen) atoms. The smallest absolute Gasteiger partial charge is 0.331 e. The number of carboxylic acids is 1. The monoisotopic (exact) mass is 229 g/mol. The van der Waals surface area contributed by atoms with E-state index in [1.54, 1.807) is 11.3 Å². The van der Waals surface area contributed by atoms with Crippen LogP contribution in [-0.2, 0) is 4.79 Å². The molecule has 76 valence electrons. The largest absolute Gasteiger partial charge is 0.479 e. The van der Waals surface area contributed by atoms with Gasteiger partial charge in [-0.1, -0.05) is 0 Å². The van der Waals surface area contributed by atoms with Crippen molar-refractivity contribution in [3.8, 4) is 0 Å². The maximum absolute atomic E-state index is 10.7. The average Bonchev–Trinajstić information content (AvgIpc) is 2.71. The number of thiophene rings is 1. The van der Waals surface area contributed by atoms with Crippen LogP contribution in [0.5, 0.6) is 0 Å². The van der Waals surface area contributed by atoms with E-state index >= 15 is 0 Å². The van der Waals surface area contributed by atoms with Gasteiger partial charge in [0.15, 0.2) is 5.37 Å². The highest BCUT2D eigenvalue weighted by molar-refractivity contribution is 8.00. The van der Waals surface area contributed by atoms with Crippen molar-refractivity contribution >= 4 is 29.1 Å². The predicted octanol–water partition coefficient (Wildman–Crippen LogP) is 1.84. The molecule has 2 unspecified atom stereocenters. The second kappa shape index (κ2) is 3.92. The Morgan fingerprint density at radius 1 is 1.71 bits per heavy atom. The molecule has 5 heteroatoms. The highest BCUT2D eigenvalue weighted by atomic mass is 32.2. The van der Waals surface area contributed by atoms with E-state index < -0.39 is 11.3 Å². The minimum Gasteiger partial charge on any atom is -0.479 e. The Kier molecular flexibility index (Phi) is 2.80. The summed E-state index contributed by atoms with van der Waals surface area (Å²) in [6.45, 7) is 2.06. The molecule has 1 aromatic rings.